The highest BCUT2D eigenvalue weighted by molar-refractivity contribution is 5.83. The van der Waals surface area contributed by atoms with E-state index in [2.05, 4.69) is 10.3 Å². The summed E-state index contributed by atoms with van der Waals surface area (Å²) in [5.41, 5.74) is -3.25. The average molecular weight is 1010 g/mol. The van der Waals surface area contributed by atoms with Crippen LogP contribution in [-0.2, 0) is 55.6 Å². The predicted octanol–water partition coefficient (Wildman–Crippen LogP) is 4.31. The fourth-order valence-corrected chi connectivity index (χ4v) is 10.8. The summed E-state index contributed by atoms with van der Waals surface area (Å²) < 4.78 is 60.4. The Morgan fingerprint density at radius 3 is 2.20 bits per heavy atom. The topological polar surface area (TPSA) is 257 Å². The minimum absolute atomic E-state index is 0.0315. The second-order valence-corrected chi connectivity index (χ2v) is 21.0. The van der Waals surface area contributed by atoms with Crippen molar-refractivity contribution in [2.24, 2.45) is 23.7 Å². The number of cyclic esters (lactones) is 1. The van der Waals surface area contributed by atoms with Gasteiger partial charge in [0, 0.05) is 75.7 Å². The quantitative estimate of drug-likeness (QED) is 0.104. The van der Waals surface area contributed by atoms with Crippen LogP contribution in [0.2, 0.25) is 0 Å². The lowest BCUT2D eigenvalue weighted by molar-refractivity contribution is -0.384. The van der Waals surface area contributed by atoms with Gasteiger partial charge in [0.1, 0.15) is 36.4 Å². The molecule has 3 aliphatic heterocycles. The number of nitro groups is 1. The Balaban J connectivity index is 1.45. The minimum atomic E-state index is -2.02. The first-order valence-corrected chi connectivity index (χ1v) is 24.9. The summed E-state index contributed by atoms with van der Waals surface area (Å²) in [6.45, 7) is 16.4. The monoisotopic (exact) mass is 1010 g/mol. The number of ether oxygens (including phenoxy) is 7. The van der Waals surface area contributed by atoms with Gasteiger partial charge in [-0.25, -0.2) is 9.07 Å². The number of likely N-dealkylation sites (N-methyl/N-ethyl adjacent to an activating group) is 1. The van der Waals surface area contributed by atoms with Crippen LogP contribution < -0.4 is 0 Å². The van der Waals surface area contributed by atoms with Crippen LogP contribution in [-0.4, -0.2) is 176 Å². The van der Waals surface area contributed by atoms with Crippen molar-refractivity contribution in [3.8, 4) is 0 Å². The van der Waals surface area contributed by atoms with Crippen molar-refractivity contribution >= 4 is 17.4 Å². The van der Waals surface area contributed by atoms with Crippen molar-refractivity contribution in [2.75, 3.05) is 34.5 Å². The first-order valence-electron chi connectivity index (χ1n) is 24.9. The van der Waals surface area contributed by atoms with Crippen LogP contribution in [0.5, 0.6) is 0 Å². The Bertz CT molecular complexity index is 2070. The molecule has 21 heteroatoms. The normalized spacial score (nSPS) is 39.5. The number of benzene rings is 1. The number of nitrogens with zero attached hydrogens (tertiary/aromatic N) is 5. The maximum Gasteiger partial charge on any atom is 0.311 e. The Labute approximate surface area is 416 Å². The van der Waals surface area contributed by atoms with E-state index >= 15 is 0 Å². The summed E-state index contributed by atoms with van der Waals surface area (Å²) in [7, 11) is 4.81. The number of alkyl halides is 1. The van der Waals surface area contributed by atoms with Crippen LogP contribution in [0.4, 0.5) is 10.1 Å². The molecule has 1 aromatic carbocycles. The number of non-ortho nitro benzene ring substituents is 1. The van der Waals surface area contributed by atoms with Gasteiger partial charge in [0.2, 0.25) is 0 Å². The minimum Gasteiger partial charge on any atom is -0.459 e. The highest BCUT2D eigenvalue weighted by Crippen LogP contribution is 2.42. The van der Waals surface area contributed by atoms with Gasteiger partial charge in [0.15, 0.2) is 12.6 Å². The molecule has 0 amide bonds. The Morgan fingerprint density at radius 2 is 1.61 bits per heavy atom. The molecule has 20 nitrogen and oxygen atoms in total. The zero-order valence-corrected chi connectivity index (χ0v) is 43.7. The molecular formula is C50H80FN5O15. The van der Waals surface area contributed by atoms with E-state index in [-0.39, 0.29) is 37.2 Å². The number of carbonyl (C=O) groups is 2. The Hall–Kier alpha value is -3.61. The van der Waals surface area contributed by atoms with Gasteiger partial charge >= 0.3 is 5.97 Å². The molecule has 19 atom stereocenters. The molecule has 1 aromatic heterocycles. The van der Waals surface area contributed by atoms with Crippen molar-refractivity contribution in [3.05, 3.63) is 51.8 Å². The van der Waals surface area contributed by atoms with E-state index in [4.69, 9.17) is 33.2 Å². The SMILES string of the molecule is CC[C@H]1OC(=O)[C@H](C)[C@@H](O[C@H]2C[C@@](C)(OC)[C@@H](O)[C@H](C)O2)[C@H](C)[C@@H](O[C@@H]2O[C@H](C)C[C@H](N(C)CCc3cn([C@H](CF)Cc4ccc([N+](=O)[O-])cc4)nn3)[C@H]2O)[C@](C)(OC)C[C@@H](C)C(=O)[C@H](C)[C@@H](O)[C@]1(C)O. The number of ketones is 1. The van der Waals surface area contributed by atoms with Crippen molar-refractivity contribution in [1.29, 1.82) is 0 Å². The molecule has 3 saturated heterocycles. The van der Waals surface area contributed by atoms with Crippen molar-refractivity contribution < 1.29 is 72.5 Å². The highest BCUT2D eigenvalue weighted by Gasteiger charge is 2.54. The number of aromatic nitrogens is 3. The van der Waals surface area contributed by atoms with Crippen LogP contribution in [0, 0.1) is 33.8 Å². The van der Waals surface area contributed by atoms with E-state index in [1.807, 2.05) is 18.9 Å². The molecule has 0 radical (unpaired) electrons. The third-order valence-corrected chi connectivity index (χ3v) is 15.6. The van der Waals surface area contributed by atoms with E-state index in [1.54, 1.807) is 66.8 Å². The number of methoxy groups -OCH3 is 2. The fraction of sp³-hybridized carbons (Fsp3) is 0.800. The van der Waals surface area contributed by atoms with Crippen molar-refractivity contribution in [2.45, 2.75) is 198 Å². The third-order valence-electron chi connectivity index (χ3n) is 15.6. The molecule has 3 fully saturated rings. The van der Waals surface area contributed by atoms with E-state index in [0.717, 1.165) is 0 Å². The van der Waals surface area contributed by atoms with Crippen molar-refractivity contribution in [3.63, 3.8) is 0 Å². The van der Waals surface area contributed by atoms with Crippen molar-refractivity contribution in [1.82, 2.24) is 19.9 Å². The molecule has 71 heavy (non-hydrogen) atoms. The van der Waals surface area contributed by atoms with E-state index in [9.17, 15) is 44.5 Å². The number of carbonyl (C=O) groups excluding carboxylic acids is 2. The summed E-state index contributed by atoms with van der Waals surface area (Å²) in [6.07, 6.45) is -7.83. The second-order valence-electron chi connectivity index (χ2n) is 21.0. The maximum atomic E-state index is 14.4. The fourth-order valence-electron chi connectivity index (χ4n) is 10.8. The number of Topliss-reactive ketones (excluding diaryl/α,β-unsaturated/α-hetero) is 1. The van der Waals surface area contributed by atoms with Crippen LogP contribution >= 0.6 is 0 Å². The predicted molar refractivity (Wildman–Crippen MR) is 256 cm³/mol. The molecule has 0 bridgehead atoms. The van der Waals surface area contributed by atoms with Gasteiger partial charge in [0.25, 0.3) is 5.69 Å². The number of rotatable bonds is 16. The molecule has 4 N–H and O–H groups in total. The summed E-state index contributed by atoms with van der Waals surface area (Å²) in [5, 5.41) is 66.3. The third kappa shape index (κ3) is 13.2. The van der Waals surface area contributed by atoms with Crippen LogP contribution in [0.1, 0.15) is 112 Å². The smallest absolute Gasteiger partial charge is 0.311 e. The van der Waals surface area contributed by atoms with Crippen LogP contribution in [0.25, 0.3) is 0 Å². The molecular weight excluding hydrogens is 930 g/mol. The number of hydrogen-bond acceptors (Lipinski definition) is 18. The second kappa shape index (κ2) is 24.2. The number of halogens is 1. The Morgan fingerprint density at radius 1 is 0.958 bits per heavy atom. The zero-order chi connectivity index (χ0) is 52.9. The summed E-state index contributed by atoms with van der Waals surface area (Å²) >= 11 is 0. The van der Waals surface area contributed by atoms with E-state index in [0.29, 0.717) is 30.6 Å². The lowest BCUT2D eigenvalue weighted by Crippen LogP contribution is -2.61. The molecule has 402 valence electrons. The molecule has 0 unspecified atom stereocenters. The number of hydrogen-bond donors (Lipinski definition) is 4. The van der Waals surface area contributed by atoms with Gasteiger partial charge in [0.05, 0.1) is 64.3 Å². The Kier molecular flexibility index (Phi) is 19.8. The van der Waals surface area contributed by atoms with Gasteiger partial charge in [-0.15, -0.1) is 5.10 Å². The summed E-state index contributed by atoms with van der Waals surface area (Å²) in [4.78, 5) is 41.3. The number of aliphatic hydroxyl groups is 4. The van der Waals surface area contributed by atoms with Crippen LogP contribution in [0.15, 0.2) is 30.5 Å². The lowest BCUT2D eigenvalue weighted by atomic mass is 9.74. The first-order chi connectivity index (χ1) is 33.2. The van der Waals surface area contributed by atoms with Gasteiger partial charge in [-0.05, 0) is 79.8 Å². The number of nitro benzene ring substituents is 1. The highest BCUT2D eigenvalue weighted by atomic mass is 19.1. The largest absolute Gasteiger partial charge is 0.459 e. The van der Waals surface area contributed by atoms with Gasteiger partial charge in [-0.2, -0.15) is 0 Å². The molecule has 0 aliphatic carbocycles. The molecule has 4 heterocycles. The molecule has 3 aliphatic rings. The summed E-state index contributed by atoms with van der Waals surface area (Å²) in [6, 6.07) is 4.73. The van der Waals surface area contributed by atoms with Gasteiger partial charge < -0.3 is 58.5 Å². The molecule has 0 spiro atoms. The van der Waals surface area contributed by atoms with E-state index in [1.165, 1.54) is 44.9 Å². The summed E-state index contributed by atoms with van der Waals surface area (Å²) in [5.74, 6) is -4.91. The van der Waals surface area contributed by atoms with Crippen LogP contribution in [0.3, 0.4) is 0 Å². The molecule has 2 aromatic rings. The van der Waals surface area contributed by atoms with Gasteiger partial charge in [-0.3, -0.25) is 19.7 Å². The average Bonchev–Trinajstić information content (AvgIpc) is 3.82. The molecule has 0 saturated carbocycles. The van der Waals surface area contributed by atoms with E-state index < -0.39 is 132 Å². The first kappa shape index (κ1) is 58.3. The molecule has 5 rings (SSSR count). The zero-order valence-electron chi connectivity index (χ0n) is 43.7. The lowest BCUT2D eigenvalue weighted by Gasteiger charge is -2.50. The number of aliphatic hydroxyl groups excluding tert-OH is 3. The van der Waals surface area contributed by atoms with Gasteiger partial charge in [-0.1, -0.05) is 45.0 Å². The maximum absolute atomic E-state index is 14.4. The standard InChI is InChI=1S/C50H80FN5O15/c1-14-38-50(10,62)43(59)29(4)40(57)27(2)23-49(9,66-13)45(30(5)42(31(6)46(61)69-38)70-39-24-48(8,65-12)44(60)32(7)68-39)71-47-41(58)37(21-28(3)67-47)54(11)20-19-34-26-55(53-52-34)36(25-51)22-33-15-17-35(18-16-33)56(63)64/h15-18,26-32,36-39,41-45,47,58-60,62H,14,19-25H2,1-13H3/t27-,28-,29+,30+,31-,32+,36+,37+,38-,39+,41-,42+,43-,44+,45-,47+,48-,49-,50-/m1/s1. The number of esters is 1.